The number of aliphatic imine (C=N–C) groups is 1. The first-order valence-electron chi connectivity index (χ1n) is 8.57. The molecule has 4 rings (SSSR count). The Morgan fingerprint density at radius 3 is 2.65 bits per heavy atom. The number of nitrogens with one attached hydrogen (secondary N) is 1. The summed E-state index contributed by atoms with van der Waals surface area (Å²) in [5, 5.41) is 3.22. The van der Waals surface area contributed by atoms with Gasteiger partial charge in [-0.05, 0) is 24.6 Å². The number of hydrogen-bond donors (Lipinski definition) is 1. The molecule has 1 atom stereocenters. The Kier molecular flexibility index (Phi) is 4.34. The van der Waals surface area contributed by atoms with Crippen molar-refractivity contribution in [2.24, 2.45) is 4.99 Å². The second kappa shape index (κ2) is 6.80. The molecule has 0 aliphatic carbocycles. The average Bonchev–Trinajstić information content (AvgIpc) is 2.67. The Morgan fingerprint density at radius 1 is 1.23 bits per heavy atom. The van der Waals surface area contributed by atoms with E-state index in [9.17, 15) is 4.79 Å². The van der Waals surface area contributed by atoms with Crippen LogP contribution in [0.1, 0.15) is 17.4 Å². The fourth-order valence-electron chi connectivity index (χ4n) is 3.17. The third-order valence-electron chi connectivity index (χ3n) is 4.52. The van der Waals surface area contributed by atoms with E-state index in [1.807, 2.05) is 31.2 Å². The molecule has 8 heteroatoms. The predicted octanol–water partition coefficient (Wildman–Crippen LogP) is 1.22. The second-order valence-corrected chi connectivity index (χ2v) is 6.25. The predicted molar refractivity (Wildman–Crippen MR) is 97.8 cm³/mol. The summed E-state index contributed by atoms with van der Waals surface area (Å²) in [4.78, 5) is 24.1. The lowest BCUT2D eigenvalue weighted by Crippen LogP contribution is -2.47. The van der Waals surface area contributed by atoms with Gasteiger partial charge in [-0.1, -0.05) is 12.1 Å². The number of morpholine rings is 1. The highest BCUT2D eigenvalue weighted by molar-refractivity contribution is 5.93. The Morgan fingerprint density at radius 2 is 1.96 bits per heavy atom. The van der Waals surface area contributed by atoms with Crippen LogP contribution in [-0.2, 0) is 4.74 Å². The van der Waals surface area contributed by atoms with Gasteiger partial charge in [-0.25, -0.2) is 9.98 Å². The maximum Gasteiger partial charge on any atom is 0.257 e. The van der Waals surface area contributed by atoms with Gasteiger partial charge >= 0.3 is 0 Å². The standard InChI is InChI=1S/C18H21N5O3/c1-12-11-15(24)23-16(13-3-5-14(25-2)6-4-13)20-17(21-18(23)19-12)22-7-9-26-10-8-22/h3-6,11,16H,7-10H2,1-2H3,(H,19,20,21)/t16-/m0/s1. The molecule has 1 N–H and O–H groups in total. The van der Waals surface area contributed by atoms with Crippen molar-refractivity contribution in [3.63, 3.8) is 0 Å². The minimum absolute atomic E-state index is 0.134. The number of ether oxygens (including phenoxy) is 2. The molecule has 2 aliphatic heterocycles. The summed E-state index contributed by atoms with van der Waals surface area (Å²) in [6, 6.07) is 9.11. The SMILES string of the molecule is COc1ccc([C@H]2N=C(N3CCOCC3)Nc3nc(C)cc(=O)n32)cc1. The average molecular weight is 355 g/mol. The second-order valence-electron chi connectivity index (χ2n) is 6.25. The number of fused-ring (bicyclic) bond motifs is 1. The maximum absolute atomic E-state index is 12.6. The molecule has 0 unspecified atom stereocenters. The molecule has 0 bridgehead atoms. The lowest BCUT2D eigenvalue weighted by Gasteiger charge is -2.34. The molecular weight excluding hydrogens is 334 g/mol. The molecular formula is C18H21N5O3. The van der Waals surface area contributed by atoms with Gasteiger partial charge in [-0.2, -0.15) is 0 Å². The Hall–Kier alpha value is -2.87. The molecule has 3 heterocycles. The molecule has 1 fully saturated rings. The zero-order chi connectivity index (χ0) is 18.1. The number of guanidine groups is 1. The molecule has 1 aromatic carbocycles. The Labute approximate surface area is 151 Å². The summed E-state index contributed by atoms with van der Waals surface area (Å²) in [7, 11) is 1.63. The van der Waals surface area contributed by atoms with Crippen molar-refractivity contribution in [3.05, 3.63) is 51.9 Å². The fourth-order valence-corrected chi connectivity index (χ4v) is 3.17. The van der Waals surface area contributed by atoms with Crippen molar-refractivity contribution >= 4 is 11.9 Å². The number of hydrogen-bond acceptors (Lipinski definition) is 7. The van der Waals surface area contributed by atoms with E-state index < -0.39 is 6.17 Å². The third kappa shape index (κ3) is 3.03. The van der Waals surface area contributed by atoms with Crippen LogP contribution in [0.2, 0.25) is 0 Å². The third-order valence-corrected chi connectivity index (χ3v) is 4.52. The summed E-state index contributed by atoms with van der Waals surface area (Å²) in [5.74, 6) is 1.98. The highest BCUT2D eigenvalue weighted by Crippen LogP contribution is 2.27. The van der Waals surface area contributed by atoms with Gasteiger partial charge in [-0.15, -0.1) is 0 Å². The van der Waals surface area contributed by atoms with Crippen LogP contribution in [0, 0.1) is 6.92 Å². The Balaban J connectivity index is 1.80. The topological polar surface area (TPSA) is 81.0 Å². The van der Waals surface area contributed by atoms with Crippen LogP contribution in [-0.4, -0.2) is 53.8 Å². The van der Waals surface area contributed by atoms with Crippen LogP contribution in [0.5, 0.6) is 5.75 Å². The van der Waals surface area contributed by atoms with E-state index in [4.69, 9.17) is 14.5 Å². The largest absolute Gasteiger partial charge is 0.497 e. The summed E-state index contributed by atoms with van der Waals surface area (Å²) < 4.78 is 12.2. The van der Waals surface area contributed by atoms with Crippen molar-refractivity contribution in [1.29, 1.82) is 0 Å². The van der Waals surface area contributed by atoms with Crippen molar-refractivity contribution < 1.29 is 9.47 Å². The highest BCUT2D eigenvalue weighted by Gasteiger charge is 2.28. The van der Waals surface area contributed by atoms with E-state index in [1.54, 1.807) is 11.7 Å². The van der Waals surface area contributed by atoms with Gasteiger partial charge in [0.2, 0.25) is 11.9 Å². The van der Waals surface area contributed by atoms with E-state index in [1.165, 1.54) is 6.07 Å². The van der Waals surface area contributed by atoms with Crippen LogP contribution < -0.4 is 15.6 Å². The molecule has 0 saturated carbocycles. The van der Waals surface area contributed by atoms with Crippen molar-refractivity contribution in [3.8, 4) is 5.75 Å². The number of aromatic nitrogens is 2. The molecule has 0 radical (unpaired) electrons. The first kappa shape index (κ1) is 16.6. The lowest BCUT2D eigenvalue weighted by molar-refractivity contribution is 0.0675. The number of methoxy groups -OCH3 is 1. The molecule has 2 aliphatic rings. The molecule has 1 aromatic heterocycles. The van der Waals surface area contributed by atoms with Crippen LogP contribution >= 0.6 is 0 Å². The van der Waals surface area contributed by atoms with Crippen molar-refractivity contribution in [2.75, 3.05) is 38.7 Å². The van der Waals surface area contributed by atoms with E-state index in [2.05, 4.69) is 15.2 Å². The first-order valence-corrected chi connectivity index (χ1v) is 8.57. The normalized spacial score (nSPS) is 19.4. The monoisotopic (exact) mass is 355 g/mol. The summed E-state index contributed by atoms with van der Waals surface area (Å²) >= 11 is 0. The lowest BCUT2D eigenvalue weighted by atomic mass is 10.1. The van der Waals surface area contributed by atoms with Crippen LogP contribution in [0.15, 0.2) is 40.1 Å². The number of aryl methyl sites for hydroxylation is 1. The maximum atomic E-state index is 12.6. The molecule has 0 amide bonds. The van der Waals surface area contributed by atoms with Gasteiger partial charge in [0.05, 0.1) is 20.3 Å². The molecule has 8 nitrogen and oxygen atoms in total. The quantitative estimate of drug-likeness (QED) is 0.872. The number of rotatable bonds is 2. The minimum atomic E-state index is -0.476. The smallest absolute Gasteiger partial charge is 0.257 e. The number of nitrogens with zero attached hydrogens (tertiary/aromatic N) is 4. The van der Waals surface area contributed by atoms with Crippen LogP contribution in [0.25, 0.3) is 0 Å². The molecule has 1 saturated heterocycles. The van der Waals surface area contributed by atoms with Gasteiger partial charge < -0.3 is 14.4 Å². The van der Waals surface area contributed by atoms with E-state index in [-0.39, 0.29) is 5.56 Å². The van der Waals surface area contributed by atoms with Gasteiger partial charge in [0.25, 0.3) is 5.56 Å². The van der Waals surface area contributed by atoms with Crippen molar-refractivity contribution in [1.82, 2.24) is 14.5 Å². The van der Waals surface area contributed by atoms with Gasteiger partial charge in [0, 0.05) is 24.8 Å². The zero-order valence-electron chi connectivity index (χ0n) is 14.8. The number of benzene rings is 1. The first-order chi connectivity index (χ1) is 12.7. The number of anilines is 1. The summed E-state index contributed by atoms with van der Waals surface area (Å²) in [6.45, 7) is 4.62. The van der Waals surface area contributed by atoms with Crippen LogP contribution in [0.3, 0.4) is 0 Å². The van der Waals surface area contributed by atoms with E-state index in [0.717, 1.165) is 24.4 Å². The van der Waals surface area contributed by atoms with Crippen LogP contribution in [0.4, 0.5) is 5.95 Å². The molecule has 0 spiro atoms. The minimum Gasteiger partial charge on any atom is -0.497 e. The van der Waals surface area contributed by atoms with Gasteiger partial charge in [0.15, 0.2) is 6.17 Å². The fraction of sp³-hybridized carbons (Fsp3) is 0.389. The van der Waals surface area contributed by atoms with Gasteiger partial charge in [0.1, 0.15) is 5.75 Å². The van der Waals surface area contributed by atoms with Crippen molar-refractivity contribution in [2.45, 2.75) is 13.1 Å². The molecule has 26 heavy (non-hydrogen) atoms. The Bertz CT molecular complexity index is 885. The molecule has 2 aromatic rings. The summed E-state index contributed by atoms with van der Waals surface area (Å²) in [6.07, 6.45) is -0.476. The highest BCUT2D eigenvalue weighted by atomic mass is 16.5. The van der Waals surface area contributed by atoms with Gasteiger partial charge in [-0.3, -0.25) is 14.7 Å². The van der Waals surface area contributed by atoms with E-state index >= 15 is 0 Å². The zero-order valence-corrected chi connectivity index (χ0v) is 14.8. The summed E-state index contributed by atoms with van der Waals surface area (Å²) in [5.41, 5.74) is 1.43. The molecule has 136 valence electrons. The van der Waals surface area contributed by atoms with E-state index in [0.29, 0.717) is 30.8 Å².